The molecule has 0 aromatic carbocycles. The highest BCUT2D eigenvalue weighted by Crippen LogP contribution is 2.34. The van der Waals surface area contributed by atoms with Gasteiger partial charge in [-0.3, -0.25) is 9.80 Å². The summed E-state index contributed by atoms with van der Waals surface area (Å²) in [4.78, 5) is 5.10. The Morgan fingerprint density at radius 1 is 0.929 bits per heavy atom. The second-order valence-electron chi connectivity index (χ2n) is 6.58. The van der Waals surface area contributed by atoms with Gasteiger partial charge in [0.2, 0.25) is 0 Å². The molecule has 0 saturated carbocycles. The van der Waals surface area contributed by atoms with Crippen LogP contribution >= 0.6 is 0 Å². The van der Waals surface area contributed by atoms with Crippen LogP contribution in [0.15, 0.2) is 0 Å². The number of nitrogens with zero attached hydrogens (tertiary/aromatic N) is 2. The van der Waals surface area contributed by atoms with Gasteiger partial charge >= 0.3 is 0 Å². The lowest BCUT2D eigenvalue weighted by atomic mass is 9.89. The zero-order valence-corrected chi connectivity index (χ0v) is 10.9. The summed E-state index contributed by atoms with van der Waals surface area (Å²) in [6, 6.07) is 0. The second-order valence-corrected chi connectivity index (χ2v) is 6.58. The van der Waals surface area contributed by atoms with Crippen molar-refractivity contribution in [3.63, 3.8) is 0 Å². The maximum Gasteiger partial charge on any atom is 0.0675 e. The molecule has 0 spiro atoms. The summed E-state index contributed by atoms with van der Waals surface area (Å²) in [5.74, 6) is 0. The van der Waals surface area contributed by atoms with Crippen molar-refractivity contribution in [2.45, 2.75) is 53.2 Å². The highest BCUT2D eigenvalue weighted by molar-refractivity contribution is 4.93. The molecule has 0 radical (unpaired) electrons. The number of hydrogen-bond donors (Lipinski definition) is 0. The minimum absolute atomic E-state index is 0.280. The van der Waals surface area contributed by atoms with Gasteiger partial charge in [0.15, 0.2) is 0 Å². The van der Waals surface area contributed by atoms with E-state index in [1.54, 1.807) is 0 Å². The van der Waals surface area contributed by atoms with Crippen LogP contribution in [0.25, 0.3) is 0 Å². The van der Waals surface area contributed by atoms with Gasteiger partial charge in [-0.2, -0.15) is 0 Å². The predicted octanol–water partition coefficient (Wildman–Crippen LogP) is 2.40. The predicted molar refractivity (Wildman–Crippen MR) is 62.3 cm³/mol. The Hall–Kier alpha value is -0.0800. The average molecular weight is 198 g/mol. The summed E-state index contributed by atoms with van der Waals surface area (Å²) in [5.41, 5.74) is 0.612. The van der Waals surface area contributed by atoms with Crippen LogP contribution in [0.3, 0.4) is 0 Å². The first kappa shape index (κ1) is 12.0. The lowest BCUT2D eigenvalue weighted by Crippen LogP contribution is -2.53. The molecule has 1 aliphatic rings. The Bertz CT molecular complexity index is 197. The molecule has 1 saturated heterocycles. The van der Waals surface area contributed by atoms with Gasteiger partial charge < -0.3 is 0 Å². The van der Waals surface area contributed by atoms with Gasteiger partial charge in [0.25, 0.3) is 0 Å². The zero-order valence-electron chi connectivity index (χ0n) is 10.9. The smallest absolute Gasteiger partial charge is 0.0675 e. The summed E-state index contributed by atoms with van der Waals surface area (Å²) >= 11 is 0. The first-order valence-electron chi connectivity index (χ1n) is 5.61. The van der Waals surface area contributed by atoms with Crippen LogP contribution < -0.4 is 0 Å². The van der Waals surface area contributed by atoms with Gasteiger partial charge in [-0.05, 0) is 33.2 Å². The zero-order chi connectivity index (χ0) is 11.1. The summed E-state index contributed by atoms with van der Waals surface area (Å²) < 4.78 is 0. The van der Waals surface area contributed by atoms with E-state index in [9.17, 15) is 0 Å². The van der Waals surface area contributed by atoms with E-state index in [0.29, 0.717) is 11.6 Å². The van der Waals surface area contributed by atoms with Crippen molar-refractivity contribution in [3.8, 4) is 0 Å². The van der Waals surface area contributed by atoms with E-state index >= 15 is 0 Å². The topological polar surface area (TPSA) is 6.48 Å². The molecular weight excluding hydrogens is 172 g/mol. The van der Waals surface area contributed by atoms with Crippen molar-refractivity contribution >= 4 is 0 Å². The van der Waals surface area contributed by atoms with Crippen LogP contribution in [0.4, 0.5) is 0 Å². The second kappa shape index (κ2) is 3.49. The van der Waals surface area contributed by atoms with Crippen molar-refractivity contribution in [2.75, 3.05) is 20.1 Å². The molecular formula is C12H26N2. The van der Waals surface area contributed by atoms with Crippen LogP contribution in [0.5, 0.6) is 0 Å². The van der Waals surface area contributed by atoms with Gasteiger partial charge in [-0.25, -0.2) is 0 Å². The molecule has 1 aliphatic heterocycles. The molecule has 1 rings (SSSR count). The normalized spacial score (nSPS) is 27.2. The number of hydrogen-bond acceptors (Lipinski definition) is 2. The number of likely N-dealkylation sites (N-methyl/N-ethyl adjacent to an activating group) is 1. The standard InChI is InChI=1S/C12H26N2/c1-11(2,3)10-13(7)8-9-14(10)12(4,5)6/h10H,8-9H2,1-7H3. The highest BCUT2D eigenvalue weighted by atomic mass is 15.4. The molecule has 2 nitrogen and oxygen atoms in total. The van der Waals surface area contributed by atoms with Crippen molar-refractivity contribution < 1.29 is 0 Å². The molecule has 0 aromatic rings. The molecule has 0 aromatic heterocycles. The SMILES string of the molecule is CN1CCN(C(C)(C)C)C1C(C)(C)C. The van der Waals surface area contributed by atoms with Crippen molar-refractivity contribution in [3.05, 3.63) is 0 Å². The summed E-state index contributed by atoms with van der Waals surface area (Å²) in [7, 11) is 2.24. The lowest BCUT2D eigenvalue weighted by molar-refractivity contribution is -0.000185. The van der Waals surface area contributed by atoms with Gasteiger partial charge in [-0.15, -0.1) is 0 Å². The monoisotopic (exact) mass is 198 g/mol. The highest BCUT2D eigenvalue weighted by Gasteiger charge is 2.42. The van der Waals surface area contributed by atoms with E-state index in [2.05, 4.69) is 58.4 Å². The molecule has 84 valence electrons. The van der Waals surface area contributed by atoms with E-state index < -0.39 is 0 Å². The van der Waals surface area contributed by atoms with Gasteiger partial charge in [0.05, 0.1) is 6.17 Å². The van der Waals surface area contributed by atoms with E-state index in [1.165, 1.54) is 13.1 Å². The Morgan fingerprint density at radius 2 is 1.43 bits per heavy atom. The fourth-order valence-corrected chi connectivity index (χ4v) is 2.58. The van der Waals surface area contributed by atoms with Crippen LogP contribution in [-0.2, 0) is 0 Å². The van der Waals surface area contributed by atoms with Crippen molar-refractivity contribution in [1.29, 1.82) is 0 Å². The quantitative estimate of drug-likeness (QED) is 0.590. The Kier molecular flexibility index (Phi) is 2.99. The van der Waals surface area contributed by atoms with Gasteiger partial charge in [-0.1, -0.05) is 20.8 Å². The molecule has 14 heavy (non-hydrogen) atoms. The van der Waals surface area contributed by atoms with E-state index in [1.807, 2.05) is 0 Å². The van der Waals surface area contributed by atoms with Crippen LogP contribution in [0.2, 0.25) is 0 Å². The Morgan fingerprint density at radius 3 is 1.71 bits per heavy atom. The molecule has 0 bridgehead atoms. The molecule has 0 aliphatic carbocycles. The van der Waals surface area contributed by atoms with Gasteiger partial charge in [0.1, 0.15) is 0 Å². The van der Waals surface area contributed by atoms with Crippen molar-refractivity contribution in [2.24, 2.45) is 5.41 Å². The minimum atomic E-state index is 0.280. The Labute approximate surface area is 89.3 Å². The lowest BCUT2D eigenvalue weighted by Gasteiger charge is -2.44. The molecule has 2 heteroatoms. The maximum absolute atomic E-state index is 2.62. The minimum Gasteiger partial charge on any atom is -0.289 e. The third-order valence-corrected chi connectivity index (χ3v) is 3.04. The third-order valence-electron chi connectivity index (χ3n) is 3.04. The first-order chi connectivity index (χ1) is 6.14. The van der Waals surface area contributed by atoms with Crippen LogP contribution in [0, 0.1) is 5.41 Å². The molecule has 0 N–H and O–H groups in total. The van der Waals surface area contributed by atoms with Gasteiger partial charge in [0, 0.05) is 18.6 Å². The maximum atomic E-state index is 2.62. The summed E-state index contributed by atoms with van der Waals surface area (Å²) in [6.07, 6.45) is 0.572. The fraction of sp³-hybridized carbons (Fsp3) is 1.00. The molecule has 1 atom stereocenters. The van der Waals surface area contributed by atoms with E-state index in [4.69, 9.17) is 0 Å². The molecule has 0 amide bonds. The largest absolute Gasteiger partial charge is 0.289 e. The van der Waals surface area contributed by atoms with Crippen molar-refractivity contribution in [1.82, 2.24) is 9.80 Å². The summed E-state index contributed by atoms with van der Waals surface area (Å²) in [6.45, 7) is 16.3. The molecule has 1 heterocycles. The number of rotatable bonds is 0. The average Bonchev–Trinajstić information content (AvgIpc) is 2.27. The van der Waals surface area contributed by atoms with Crippen LogP contribution in [0.1, 0.15) is 41.5 Å². The van der Waals surface area contributed by atoms with E-state index in [0.717, 1.165) is 0 Å². The Balaban J connectivity index is 2.88. The fourth-order valence-electron chi connectivity index (χ4n) is 2.58. The first-order valence-corrected chi connectivity index (χ1v) is 5.61. The third kappa shape index (κ3) is 2.29. The van der Waals surface area contributed by atoms with Crippen LogP contribution in [-0.4, -0.2) is 41.6 Å². The van der Waals surface area contributed by atoms with E-state index in [-0.39, 0.29) is 5.54 Å². The molecule has 1 unspecified atom stereocenters. The molecule has 1 fully saturated rings. The summed E-state index contributed by atoms with van der Waals surface area (Å²) in [5, 5.41) is 0.